The van der Waals surface area contributed by atoms with Crippen molar-refractivity contribution in [2.24, 2.45) is 35.5 Å². The van der Waals surface area contributed by atoms with Gasteiger partial charge in [0.05, 0.1) is 24.4 Å². The maximum Gasteiger partial charge on any atom is 0.329 e. The molecule has 3 aliphatic heterocycles. The molecule has 0 aromatic heterocycles. The molecule has 366 valence electrons. The average Bonchev–Trinajstić information content (AvgIpc) is 3.28. The fourth-order valence-electron chi connectivity index (χ4n) is 10.2. The lowest BCUT2D eigenvalue weighted by molar-refractivity contribution is -0.265. The number of fused-ring (bicyclic) bond motifs is 3. The first kappa shape index (κ1) is 54.3. The van der Waals surface area contributed by atoms with Gasteiger partial charge >= 0.3 is 5.97 Å². The minimum Gasteiger partial charge on any atom is -0.460 e. The number of esters is 1. The zero-order chi connectivity index (χ0) is 48.2. The number of ether oxygens (including phenoxy) is 5. The third-order valence-corrected chi connectivity index (χ3v) is 14.7. The number of carbonyl (C=O) groups excluding carboxylic acids is 4. The second-order valence-electron chi connectivity index (χ2n) is 19.8. The number of carbonyl (C=O) groups is 4. The number of allylic oxidation sites excluding steroid dienone is 6. The van der Waals surface area contributed by atoms with E-state index in [1.807, 2.05) is 38.2 Å². The molecule has 15 atom stereocenters. The molecule has 1 aliphatic carbocycles. The van der Waals surface area contributed by atoms with Gasteiger partial charge in [-0.15, -0.1) is 0 Å². The second kappa shape index (κ2) is 25.2. The fraction of sp³-hybridized carbons (Fsp3) is 0.731. The zero-order valence-corrected chi connectivity index (χ0v) is 40.9. The Morgan fingerprint density at radius 1 is 0.877 bits per heavy atom. The maximum absolute atomic E-state index is 14.4. The maximum atomic E-state index is 14.4. The van der Waals surface area contributed by atoms with Gasteiger partial charge < -0.3 is 43.9 Å². The van der Waals surface area contributed by atoms with Crippen LogP contribution in [0.3, 0.4) is 0 Å². The monoisotopic (exact) mass is 912 g/mol. The molecule has 3 heterocycles. The first-order valence-corrected chi connectivity index (χ1v) is 24.1. The summed E-state index contributed by atoms with van der Waals surface area (Å²) in [6.07, 6.45) is 13.0. The first-order chi connectivity index (χ1) is 30.7. The van der Waals surface area contributed by atoms with Crippen molar-refractivity contribution in [3.8, 4) is 0 Å². The van der Waals surface area contributed by atoms with Crippen LogP contribution in [0.1, 0.15) is 126 Å². The Labute approximate surface area is 388 Å². The summed E-state index contributed by atoms with van der Waals surface area (Å²) in [4.78, 5) is 58.2. The van der Waals surface area contributed by atoms with Crippen molar-refractivity contribution in [1.29, 1.82) is 0 Å². The molecule has 0 spiro atoms. The van der Waals surface area contributed by atoms with Gasteiger partial charge in [0.2, 0.25) is 5.79 Å². The Balaban J connectivity index is 1.70. The normalized spacial score (nSPS) is 40.4. The van der Waals surface area contributed by atoms with Crippen LogP contribution in [0.4, 0.5) is 0 Å². The van der Waals surface area contributed by atoms with E-state index >= 15 is 0 Å². The molecule has 1 saturated carbocycles. The van der Waals surface area contributed by atoms with Crippen molar-refractivity contribution >= 4 is 23.4 Å². The van der Waals surface area contributed by atoms with Gasteiger partial charge in [-0.3, -0.25) is 14.4 Å². The number of hydrogen-bond donors (Lipinski definition) is 3. The molecule has 4 rings (SSSR count). The Hall–Kier alpha value is -3.30. The summed E-state index contributed by atoms with van der Waals surface area (Å²) < 4.78 is 29.7. The third-order valence-electron chi connectivity index (χ3n) is 14.7. The van der Waals surface area contributed by atoms with Crippen LogP contribution < -0.4 is 0 Å². The Bertz CT molecular complexity index is 1750. The molecule has 65 heavy (non-hydrogen) atoms. The lowest BCUT2D eigenvalue weighted by Crippen LogP contribution is -2.61. The number of rotatable bonds is 6. The number of nitrogens with zero attached hydrogens (tertiary/aromatic N) is 1. The molecule has 2 bridgehead atoms. The molecule has 3 N–H and O–H groups in total. The van der Waals surface area contributed by atoms with Gasteiger partial charge in [-0.25, -0.2) is 4.79 Å². The lowest BCUT2D eigenvalue weighted by atomic mass is 9.78. The van der Waals surface area contributed by atoms with Crippen molar-refractivity contribution in [3.05, 3.63) is 59.8 Å². The van der Waals surface area contributed by atoms with Gasteiger partial charge in [-0.1, -0.05) is 77.7 Å². The van der Waals surface area contributed by atoms with Crippen molar-refractivity contribution in [2.45, 2.75) is 180 Å². The molecule has 3 fully saturated rings. The van der Waals surface area contributed by atoms with Gasteiger partial charge in [0, 0.05) is 52.6 Å². The van der Waals surface area contributed by atoms with E-state index in [0.29, 0.717) is 56.9 Å². The highest BCUT2D eigenvalue weighted by Gasteiger charge is 2.53. The van der Waals surface area contributed by atoms with Crippen molar-refractivity contribution in [1.82, 2.24) is 4.90 Å². The number of hydrogen-bond acceptors (Lipinski definition) is 12. The van der Waals surface area contributed by atoms with Gasteiger partial charge in [0.25, 0.3) is 11.7 Å². The first-order valence-electron chi connectivity index (χ1n) is 24.1. The van der Waals surface area contributed by atoms with Gasteiger partial charge in [0.1, 0.15) is 30.1 Å². The molecule has 0 unspecified atom stereocenters. The number of aliphatic hydroxyl groups excluding tert-OH is 2. The molecular weight excluding hydrogens is 831 g/mol. The average molecular weight is 912 g/mol. The number of amides is 1. The molecule has 2 saturated heterocycles. The van der Waals surface area contributed by atoms with Crippen LogP contribution in [0.25, 0.3) is 0 Å². The minimum absolute atomic E-state index is 0.00239. The Morgan fingerprint density at radius 3 is 2.28 bits per heavy atom. The van der Waals surface area contributed by atoms with Crippen molar-refractivity contribution in [2.75, 3.05) is 27.9 Å². The summed E-state index contributed by atoms with van der Waals surface area (Å²) in [5.74, 6) is -6.81. The summed E-state index contributed by atoms with van der Waals surface area (Å²) in [6, 6.07) is -1.12. The minimum atomic E-state index is -2.41. The molecule has 1 amide bonds. The van der Waals surface area contributed by atoms with E-state index in [2.05, 4.69) is 26.5 Å². The standard InChI is InChI=1S/C52H81NO12/c1-31-17-13-12-14-18-32(2)44(61-9)29-40-22-20-37(7)52(60,65-40)49(57)50(58)53-24-16-15-19-41(53)51(59)64-45(35(5)27-39-21-23-42(54)46(28-39)62-10)30-43(55)34(4)26-36(6)47(56)48(63-11)38(8)33(3)25-31/h12-14,17-18,26,31,33-35,37,39-42,44-48,54,56,60H,8,15-16,19-25,27-30H2,1-7,9-11H3/b14-12+,17-13+,32-18+,36-26+/t31-,33-,34-,35-,37-,39+,40+,41+,42-,44+,45+,46-,47-,48+,52-/m1/s1. The second-order valence-corrected chi connectivity index (χ2v) is 19.8. The van der Waals surface area contributed by atoms with Crippen LogP contribution in [0.2, 0.25) is 0 Å². The highest BCUT2D eigenvalue weighted by molar-refractivity contribution is 6.39. The van der Waals surface area contributed by atoms with Crippen LogP contribution >= 0.6 is 0 Å². The number of piperidine rings is 1. The summed E-state index contributed by atoms with van der Waals surface area (Å²) in [7, 11) is 4.71. The lowest BCUT2D eigenvalue weighted by Gasteiger charge is -2.42. The molecule has 4 aliphatic rings. The predicted molar refractivity (Wildman–Crippen MR) is 249 cm³/mol. The largest absolute Gasteiger partial charge is 0.460 e. The van der Waals surface area contributed by atoms with E-state index < -0.39 is 71.8 Å². The van der Waals surface area contributed by atoms with E-state index in [4.69, 9.17) is 23.7 Å². The highest BCUT2D eigenvalue weighted by Crippen LogP contribution is 2.38. The Kier molecular flexibility index (Phi) is 21.0. The predicted octanol–water partition coefficient (Wildman–Crippen LogP) is 7.17. The molecular formula is C52H81NO12. The van der Waals surface area contributed by atoms with Crippen LogP contribution in [0, 0.1) is 35.5 Å². The van der Waals surface area contributed by atoms with Crippen LogP contribution in [0.15, 0.2) is 59.8 Å². The Morgan fingerprint density at radius 2 is 1.60 bits per heavy atom. The molecule has 13 heteroatoms. The van der Waals surface area contributed by atoms with Crippen LogP contribution in [0.5, 0.6) is 0 Å². The topological polar surface area (TPSA) is 178 Å². The van der Waals surface area contributed by atoms with E-state index in [1.165, 1.54) is 12.0 Å². The van der Waals surface area contributed by atoms with E-state index in [0.717, 1.165) is 24.0 Å². The quantitative estimate of drug-likeness (QED) is 0.139. The van der Waals surface area contributed by atoms with E-state index in [9.17, 15) is 34.5 Å². The van der Waals surface area contributed by atoms with E-state index in [-0.39, 0.29) is 61.0 Å². The SMILES string of the molecule is C=C1[C@H](C)C[C@H](C)/C=C/C=C/C=C(\C)[C@@H](OC)C[C@@H]2CC[C@@H](C)[C@@](O)(O2)C(=O)C(=O)N2CCCC[C@H]2C(=O)O[C@H]([C@H](C)C[C@@H]2CC[C@@H](O)[C@H](OC)C2)CC(=O)[C@H](C)/C=C(\C)[C@@H](O)[C@H]1OC. The summed E-state index contributed by atoms with van der Waals surface area (Å²) in [6.45, 7) is 17.7. The third kappa shape index (κ3) is 14.4. The highest BCUT2D eigenvalue weighted by atomic mass is 16.6. The van der Waals surface area contributed by atoms with Crippen molar-refractivity contribution < 1.29 is 58.2 Å². The van der Waals surface area contributed by atoms with Crippen molar-refractivity contribution in [3.63, 3.8) is 0 Å². The van der Waals surface area contributed by atoms with E-state index in [1.54, 1.807) is 41.1 Å². The smallest absolute Gasteiger partial charge is 0.329 e. The fourth-order valence-corrected chi connectivity index (χ4v) is 10.2. The number of Topliss-reactive ketones (excluding diaryl/α,β-unsaturated/α-hetero) is 2. The molecule has 0 radical (unpaired) electrons. The summed E-state index contributed by atoms with van der Waals surface area (Å²) in [5, 5.41) is 34.0. The van der Waals surface area contributed by atoms with Gasteiger partial charge in [-0.2, -0.15) is 0 Å². The molecule has 13 nitrogen and oxygen atoms in total. The zero-order valence-electron chi connectivity index (χ0n) is 40.9. The number of methoxy groups -OCH3 is 3. The number of cyclic esters (lactones) is 1. The van der Waals surface area contributed by atoms with Crippen LogP contribution in [-0.2, 0) is 42.9 Å². The molecule has 0 aromatic rings. The molecule has 0 aromatic carbocycles. The number of ketones is 2. The van der Waals surface area contributed by atoms with Gasteiger partial charge in [-0.05, 0) is 118 Å². The van der Waals surface area contributed by atoms with Crippen LogP contribution in [-0.4, -0.2) is 126 Å². The summed E-state index contributed by atoms with van der Waals surface area (Å²) in [5.41, 5.74) is 2.20. The number of aliphatic hydroxyl groups is 3. The van der Waals surface area contributed by atoms with Gasteiger partial charge in [0.15, 0.2) is 0 Å². The summed E-state index contributed by atoms with van der Waals surface area (Å²) >= 11 is 0.